The zero-order valence-corrected chi connectivity index (χ0v) is 13.7. The van der Waals surface area contributed by atoms with Crippen LogP contribution >= 0.6 is 0 Å². The van der Waals surface area contributed by atoms with Crippen molar-refractivity contribution in [1.29, 1.82) is 0 Å². The fourth-order valence-corrected chi connectivity index (χ4v) is 1.59. The molecule has 0 aromatic rings. The summed E-state index contributed by atoms with van der Waals surface area (Å²) in [6.45, 7) is 6.24. The van der Waals surface area contributed by atoms with E-state index in [1.807, 2.05) is 0 Å². The Labute approximate surface area is 134 Å². The van der Waals surface area contributed by atoms with Crippen molar-refractivity contribution in [2.24, 2.45) is 5.92 Å². The van der Waals surface area contributed by atoms with Crippen LogP contribution in [0.4, 0.5) is 0 Å². The minimum atomic E-state index is -1.71. The summed E-state index contributed by atoms with van der Waals surface area (Å²) in [5, 5.41) is 0. The molecule has 0 aromatic carbocycles. The van der Waals surface area contributed by atoms with Crippen LogP contribution in [0.15, 0.2) is 11.6 Å². The fraction of sp³-hybridized carbons (Fsp3) is 0.600. The van der Waals surface area contributed by atoms with Gasteiger partial charge in [0.2, 0.25) is 0 Å². The van der Waals surface area contributed by atoms with Gasteiger partial charge in [0.05, 0.1) is 32.0 Å². The Morgan fingerprint density at radius 3 is 1.57 bits per heavy atom. The lowest BCUT2D eigenvalue weighted by atomic mass is 9.98. The van der Waals surface area contributed by atoms with Crippen molar-refractivity contribution in [3.05, 3.63) is 11.6 Å². The van der Waals surface area contributed by atoms with Crippen molar-refractivity contribution < 1.29 is 38.1 Å². The molecule has 0 aliphatic carbocycles. The molecule has 130 valence electrons. The molecule has 0 N–H and O–H groups in total. The normalized spacial score (nSPS) is 10.9. The van der Waals surface area contributed by atoms with E-state index in [0.717, 1.165) is 6.08 Å². The Morgan fingerprint density at radius 2 is 1.17 bits per heavy atom. The zero-order chi connectivity index (χ0) is 17.8. The third-order valence-corrected chi connectivity index (χ3v) is 2.43. The van der Waals surface area contributed by atoms with E-state index in [4.69, 9.17) is 18.9 Å². The molecule has 0 heterocycles. The number of esters is 4. The lowest BCUT2D eigenvalue weighted by Gasteiger charge is -2.16. The van der Waals surface area contributed by atoms with Crippen LogP contribution < -0.4 is 0 Å². The van der Waals surface area contributed by atoms with E-state index in [1.165, 1.54) is 0 Å². The summed E-state index contributed by atoms with van der Waals surface area (Å²) in [6, 6.07) is 0. The highest BCUT2D eigenvalue weighted by Crippen LogP contribution is 2.18. The summed E-state index contributed by atoms with van der Waals surface area (Å²) in [6.07, 6.45) is 0.750. The quantitative estimate of drug-likeness (QED) is 0.264. The molecular formula is C15H22O8. The first-order chi connectivity index (χ1) is 10.9. The summed E-state index contributed by atoms with van der Waals surface area (Å²) in [5.74, 6) is -5.59. The summed E-state index contributed by atoms with van der Waals surface area (Å²) in [5.41, 5.74) is -0.484. The van der Waals surface area contributed by atoms with Crippen LogP contribution in [0.25, 0.3) is 0 Å². The molecule has 0 fully saturated rings. The molecule has 8 heteroatoms. The van der Waals surface area contributed by atoms with Gasteiger partial charge < -0.3 is 18.9 Å². The van der Waals surface area contributed by atoms with E-state index in [0.29, 0.717) is 0 Å². The second-order valence-corrected chi connectivity index (χ2v) is 4.01. The van der Waals surface area contributed by atoms with Gasteiger partial charge in [0.15, 0.2) is 5.92 Å². The number of carbonyl (C=O) groups is 4. The standard InChI is InChI=1S/C15H22O8/c1-5-20-11(16)9-10(13(17)21-6-2)12(14(18)22-7-3)15(19)23-8-4/h9,12H,5-8H2,1-4H3/b10-9-. The van der Waals surface area contributed by atoms with Crippen molar-refractivity contribution in [2.45, 2.75) is 27.7 Å². The molecule has 8 nitrogen and oxygen atoms in total. The Morgan fingerprint density at radius 1 is 0.739 bits per heavy atom. The Kier molecular flexibility index (Phi) is 10.1. The van der Waals surface area contributed by atoms with Gasteiger partial charge in [-0.05, 0) is 27.7 Å². The first-order valence-electron chi connectivity index (χ1n) is 7.31. The van der Waals surface area contributed by atoms with Crippen LogP contribution in [-0.4, -0.2) is 50.3 Å². The second kappa shape index (κ2) is 11.2. The topological polar surface area (TPSA) is 105 Å². The van der Waals surface area contributed by atoms with E-state index in [9.17, 15) is 19.2 Å². The summed E-state index contributed by atoms with van der Waals surface area (Å²) in [7, 11) is 0. The van der Waals surface area contributed by atoms with E-state index >= 15 is 0 Å². The average molecular weight is 330 g/mol. The van der Waals surface area contributed by atoms with Gasteiger partial charge in [0.1, 0.15) is 0 Å². The van der Waals surface area contributed by atoms with Crippen LogP contribution in [0.3, 0.4) is 0 Å². The van der Waals surface area contributed by atoms with Crippen molar-refractivity contribution in [3.63, 3.8) is 0 Å². The van der Waals surface area contributed by atoms with E-state index in [-0.39, 0.29) is 26.4 Å². The lowest BCUT2D eigenvalue weighted by molar-refractivity contribution is -0.162. The summed E-state index contributed by atoms with van der Waals surface area (Å²) < 4.78 is 19.1. The molecular weight excluding hydrogens is 308 g/mol. The zero-order valence-electron chi connectivity index (χ0n) is 13.7. The van der Waals surface area contributed by atoms with Crippen LogP contribution in [-0.2, 0) is 38.1 Å². The van der Waals surface area contributed by atoms with Crippen LogP contribution in [0, 0.1) is 5.92 Å². The number of carbonyl (C=O) groups excluding carboxylic acids is 4. The Bertz CT molecular complexity index is 448. The molecule has 0 rings (SSSR count). The van der Waals surface area contributed by atoms with Crippen molar-refractivity contribution in [1.82, 2.24) is 0 Å². The van der Waals surface area contributed by atoms with Gasteiger partial charge in [-0.25, -0.2) is 9.59 Å². The average Bonchev–Trinajstić information content (AvgIpc) is 2.47. The lowest BCUT2D eigenvalue weighted by Crippen LogP contribution is -2.34. The minimum absolute atomic E-state index is 0.00261. The predicted molar refractivity (Wildman–Crippen MR) is 78.1 cm³/mol. The largest absolute Gasteiger partial charge is 0.465 e. The smallest absolute Gasteiger partial charge is 0.335 e. The molecule has 0 aromatic heterocycles. The SMILES string of the molecule is CCOC(=O)/C=C(\C(=O)OCC)C(C(=O)OCC)C(=O)OCC. The van der Waals surface area contributed by atoms with Gasteiger partial charge in [-0.3, -0.25) is 9.59 Å². The molecule has 0 unspecified atom stereocenters. The highest BCUT2D eigenvalue weighted by molar-refractivity contribution is 6.09. The van der Waals surface area contributed by atoms with E-state index in [2.05, 4.69) is 0 Å². The van der Waals surface area contributed by atoms with Crippen LogP contribution in [0.1, 0.15) is 27.7 Å². The van der Waals surface area contributed by atoms with Crippen LogP contribution in [0.2, 0.25) is 0 Å². The number of ether oxygens (including phenoxy) is 4. The summed E-state index contributed by atoms with van der Waals surface area (Å²) >= 11 is 0. The Hall–Kier alpha value is -2.38. The molecule has 0 saturated heterocycles. The highest BCUT2D eigenvalue weighted by Gasteiger charge is 2.38. The minimum Gasteiger partial charge on any atom is -0.465 e. The van der Waals surface area contributed by atoms with E-state index < -0.39 is 35.4 Å². The first kappa shape index (κ1) is 20.6. The van der Waals surface area contributed by atoms with Gasteiger partial charge in [0.25, 0.3) is 0 Å². The van der Waals surface area contributed by atoms with E-state index in [1.54, 1.807) is 27.7 Å². The molecule has 0 aliphatic rings. The third kappa shape index (κ3) is 6.94. The summed E-state index contributed by atoms with van der Waals surface area (Å²) in [4.78, 5) is 47.7. The van der Waals surface area contributed by atoms with Gasteiger partial charge in [0, 0.05) is 6.08 Å². The number of rotatable bonds is 9. The van der Waals surface area contributed by atoms with Gasteiger partial charge in [-0.2, -0.15) is 0 Å². The van der Waals surface area contributed by atoms with Crippen molar-refractivity contribution in [3.8, 4) is 0 Å². The molecule has 0 amide bonds. The molecule has 0 atom stereocenters. The maximum absolute atomic E-state index is 12.0. The fourth-order valence-electron chi connectivity index (χ4n) is 1.59. The van der Waals surface area contributed by atoms with Gasteiger partial charge >= 0.3 is 23.9 Å². The number of hydrogen-bond acceptors (Lipinski definition) is 8. The molecule has 0 spiro atoms. The monoisotopic (exact) mass is 330 g/mol. The molecule has 0 saturated carbocycles. The first-order valence-corrected chi connectivity index (χ1v) is 7.31. The van der Waals surface area contributed by atoms with Gasteiger partial charge in [-0.15, -0.1) is 0 Å². The predicted octanol–water partition coefficient (Wildman–Crippen LogP) is 0.781. The third-order valence-electron chi connectivity index (χ3n) is 2.43. The maximum atomic E-state index is 12.0. The van der Waals surface area contributed by atoms with Crippen molar-refractivity contribution in [2.75, 3.05) is 26.4 Å². The maximum Gasteiger partial charge on any atom is 0.335 e. The van der Waals surface area contributed by atoms with Crippen LogP contribution in [0.5, 0.6) is 0 Å². The second-order valence-electron chi connectivity index (χ2n) is 4.01. The van der Waals surface area contributed by atoms with Gasteiger partial charge in [-0.1, -0.05) is 0 Å². The van der Waals surface area contributed by atoms with Crippen molar-refractivity contribution >= 4 is 23.9 Å². The Balaban J connectivity index is 5.77. The molecule has 0 bridgehead atoms. The molecule has 0 aliphatic heterocycles. The molecule has 23 heavy (non-hydrogen) atoms. The highest BCUT2D eigenvalue weighted by atomic mass is 16.6. The molecule has 0 radical (unpaired) electrons. The number of hydrogen-bond donors (Lipinski definition) is 0.